The largest absolute Gasteiger partial charge is 0.313 e. The average Bonchev–Trinajstić information content (AvgIpc) is 2.53. The van der Waals surface area contributed by atoms with Crippen LogP contribution in [-0.2, 0) is 0 Å². The molecule has 16 heavy (non-hydrogen) atoms. The number of hydrogen-bond donors (Lipinski definition) is 1. The molecule has 94 valence electrons. The van der Waals surface area contributed by atoms with Gasteiger partial charge in [0, 0.05) is 6.04 Å². The van der Waals surface area contributed by atoms with Gasteiger partial charge in [-0.15, -0.1) is 0 Å². The number of unbranched alkanes of at least 4 members (excludes halogenated alkanes) is 2. The van der Waals surface area contributed by atoms with Crippen LogP contribution in [0.1, 0.15) is 71.1 Å². The van der Waals surface area contributed by atoms with Gasteiger partial charge in [-0.2, -0.15) is 0 Å². The molecule has 1 heteroatoms. The predicted molar refractivity (Wildman–Crippen MR) is 70.6 cm³/mol. The molecule has 0 aromatic carbocycles. The molecule has 1 saturated heterocycles. The number of nitrogens with one attached hydrogen (secondary N) is 1. The minimum absolute atomic E-state index is 0.880. The Morgan fingerprint density at radius 3 is 2.75 bits per heavy atom. The Bertz CT molecular complexity index is 174. The van der Waals surface area contributed by atoms with Crippen LogP contribution < -0.4 is 5.32 Å². The Morgan fingerprint density at radius 2 is 1.88 bits per heavy atom. The van der Waals surface area contributed by atoms with E-state index >= 15 is 0 Å². The van der Waals surface area contributed by atoms with Crippen molar-refractivity contribution in [2.24, 2.45) is 11.8 Å². The van der Waals surface area contributed by atoms with Crippen LogP contribution in [-0.4, -0.2) is 12.6 Å². The summed E-state index contributed by atoms with van der Waals surface area (Å²) in [4.78, 5) is 0. The van der Waals surface area contributed by atoms with Gasteiger partial charge in [0.15, 0.2) is 0 Å². The van der Waals surface area contributed by atoms with Crippen LogP contribution in [0.25, 0.3) is 0 Å². The highest BCUT2D eigenvalue weighted by Gasteiger charge is 2.28. The van der Waals surface area contributed by atoms with E-state index in [4.69, 9.17) is 0 Å². The first-order chi connectivity index (χ1) is 7.90. The van der Waals surface area contributed by atoms with E-state index in [1.807, 2.05) is 0 Å². The first kappa shape index (κ1) is 12.4. The van der Waals surface area contributed by atoms with Crippen molar-refractivity contribution in [2.75, 3.05) is 6.54 Å². The highest BCUT2D eigenvalue weighted by atomic mass is 14.9. The second-order valence-electron chi connectivity index (χ2n) is 6.00. The van der Waals surface area contributed by atoms with Gasteiger partial charge in [0.1, 0.15) is 0 Å². The van der Waals surface area contributed by atoms with Gasteiger partial charge in [-0.3, -0.25) is 0 Å². The quantitative estimate of drug-likeness (QED) is 0.707. The number of rotatable bonds is 4. The third kappa shape index (κ3) is 3.48. The summed E-state index contributed by atoms with van der Waals surface area (Å²) in [5, 5.41) is 3.86. The van der Waals surface area contributed by atoms with Crippen LogP contribution in [0.2, 0.25) is 0 Å². The molecule has 0 radical (unpaired) electrons. The number of fused-ring (bicyclic) bond motifs is 1. The Labute approximate surface area is 101 Å². The normalized spacial score (nSPS) is 35.4. The lowest BCUT2D eigenvalue weighted by atomic mass is 9.82. The van der Waals surface area contributed by atoms with Crippen molar-refractivity contribution in [1.29, 1.82) is 0 Å². The summed E-state index contributed by atoms with van der Waals surface area (Å²) in [5.41, 5.74) is 0. The fraction of sp³-hybridized carbons (Fsp3) is 1.00. The molecular formula is C15H29N. The lowest BCUT2D eigenvalue weighted by Crippen LogP contribution is -2.38. The monoisotopic (exact) mass is 223 g/mol. The Kier molecular flexibility index (Phi) is 5.15. The van der Waals surface area contributed by atoms with Crippen molar-refractivity contribution >= 4 is 0 Å². The highest BCUT2D eigenvalue weighted by Crippen LogP contribution is 2.32. The second-order valence-corrected chi connectivity index (χ2v) is 6.00. The average molecular weight is 223 g/mol. The van der Waals surface area contributed by atoms with Gasteiger partial charge in [0.2, 0.25) is 0 Å². The predicted octanol–water partition coefficient (Wildman–Crippen LogP) is 4.13. The smallest absolute Gasteiger partial charge is 0.00954 e. The highest BCUT2D eigenvalue weighted by molar-refractivity contribution is 4.85. The maximum atomic E-state index is 3.86. The molecule has 3 unspecified atom stereocenters. The molecule has 3 atom stereocenters. The van der Waals surface area contributed by atoms with E-state index in [1.54, 1.807) is 0 Å². The molecule has 2 rings (SSSR count). The van der Waals surface area contributed by atoms with Gasteiger partial charge in [0.25, 0.3) is 0 Å². The Hall–Kier alpha value is -0.0400. The van der Waals surface area contributed by atoms with E-state index < -0.39 is 0 Å². The fourth-order valence-electron chi connectivity index (χ4n) is 3.62. The van der Waals surface area contributed by atoms with E-state index in [-0.39, 0.29) is 0 Å². The summed E-state index contributed by atoms with van der Waals surface area (Å²) in [6.45, 7) is 3.62. The van der Waals surface area contributed by atoms with Gasteiger partial charge in [0.05, 0.1) is 0 Å². The molecule has 0 aromatic rings. The van der Waals surface area contributed by atoms with Gasteiger partial charge < -0.3 is 5.32 Å². The van der Waals surface area contributed by atoms with E-state index in [2.05, 4.69) is 12.2 Å². The fourth-order valence-corrected chi connectivity index (χ4v) is 3.62. The Balaban J connectivity index is 1.73. The second kappa shape index (κ2) is 6.64. The zero-order valence-corrected chi connectivity index (χ0v) is 11.0. The summed E-state index contributed by atoms with van der Waals surface area (Å²) in [5.74, 6) is 2.00. The molecule has 1 aliphatic heterocycles. The molecular weight excluding hydrogens is 194 g/mol. The molecule has 0 aromatic heterocycles. The summed E-state index contributed by atoms with van der Waals surface area (Å²) >= 11 is 0. The maximum Gasteiger partial charge on any atom is 0.00954 e. The molecule has 0 bridgehead atoms. The minimum Gasteiger partial charge on any atom is -0.313 e. The van der Waals surface area contributed by atoms with Crippen molar-refractivity contribution in [3.63, 3.8) is 0 Å². The first-order valence-corrected chi connectivity index (χ1v) is 7.63. The maximum absolute atomic E-state index is 3.86. The molecule has 1 N–H and O–H groups in total. The van der Waals surface area contributed by atoms with Gasteiger partial charge in [-0.1, -0.05) is 39.0 Å². The van der Waals surface area contributed by atoms with E-state index in [0.717, 1.165) is 17.9 Å². The first-order valence-electron chi connectivity index (χ1n) is 7.63. The molecule has 1 nitrogen and oxygen atoms in total. The van der Waals surface area contributed by atoms with Crippen molar-refractivity contribution in [2.45, 2.75) is 77.2 Å². The summed E-state index contributed by atoms with van der Waals surface area (Å²) in [7, 11) is 0. The number of hydrogen-bond acceptors (Lipinski definition) is 1. The summed E-state index contributed by atoms with van der Waals surface area (Å²) in [6.07, 6.45) is 14.6. The standard InChI is InChI=1S/C15H29N/c1-2-3-4-7-13-10-11-14-8-5-6-9-15(14)16-12-13/h13-16H,2-12H2,1H3. The van der Waals surface area contributed by atoms with E-state index in [9.17, 15) is 0 Å². The van der Waals surface area contributed by atoms with Crippen LogP contribution >= 0.6 is 0 Å². The molecule has 0 amide bonds. The third-order valence-electron chi connectivity index (χ3n) is 4.74. The van der Waals surface area contributed by atoms with E-state index in [1.165, 1.54) is 70.8 Å². The van der Waals surface area contributed by atoms with Crippen molar-refractivity contribution in [3.05, 3.63) is 0 Å². The zero-order valence-electron chi connectivity index (χ0n) is 11.0. The van der Waals surface area contributed by atoms with Gasteiger partial charge >= 0.3 is 0 Å². The minimum atomic E-state index is 0.880. The molecule has 1 aliphatic carbocycles. The lowest BCUT2D eigenvalue weighted by molar-refractivity contribution is 0.267. The van der Waals surface area contributed by atoms with Crippen LogP contribution in [0, 0.1) is 11.8 Å². The van der Waals surface area contributed by atoms with Crippen molar-refractivity contribution in [3.8, 4) is 0 Å². The third-order valence-corrected chi connectivity index (χ3v) is 4.74. The Morgan fingerprint density at radius 1 is 1.00 bits per heavy atom. The molecule has 2 aliphatic rings. The van der Waals surface area contributed by atoms with Crippen LogP contribution in [0.3, 0.4) is 0 Å². The SMILES string of the molecule is CCCCCC1CCC2CCCCC2NC1. The molecule has 1 saturated carbocycles. The van der Waals surface area contributed by atoms with Crippen LogP contribution in [0.15, 0.2) is 0 Å². The topological polar surface area (TPSA) is 12.0 Å². The van der Waals surface area contributed by atoms with E-state index in [0.29, 0.717) is 0 Å². The van der Waals surface area contributed by atoms with Gasteiger partial charge in [-0.25, -0.2) is 0 Å². The lowest BCUT2D eigenvalue weighted by Gasteiger charge is -2.30. The van der Waals surface area contributed by atoms with Crippen LogP contribution in [0.4, 0.5) is 0 Å². The van der Waals surface area contributed by atoms with Crippen LogP contribution in [0.5, 0.6) is 0 Å². The van der Waals surface area contributed by atoms with Gasteiger partial charge in [-0.05, 0) is 50.5 Å². The van der Waals surface area contributed by atoms with Crippen molar-refractivity contribution < 1.29 is 0 Å². The summed E-state index contributed by atoms with van der Waals surface area (Å²) < 4.78 is 0. The molecule has 2 fully saturated rings. The zero-order chi connectivity index (χ0) is 11.2. The summed E-state index contributed by atoms with van der Waals surface area (Å²) in [6, 6.07) is 0.880. The molecule has 1 heterocycles. The van der Waals surface area contributed by atoms with Crippen molar-refractivity contribution in [1.82, 2.24) is 5.32 Å². The molecule has 0 spiro atoms.